The van der Waals surface area contributed by atoms with Gasteiger partial charge in [-0.15, -0.1) is 0 Å². The van der Waals surface area contributed by atoms with E-state index in [0.717, 1.165) is 29.7 Å². The van der Waals surface area contributed by atoms with Crippen LogP contribution in [0.5, 0.6) is 5.75 Å². The van der Waals surface area contributed by atoms with Crippen molar-refractivity contribution < 1.29 is 18.8 Å². The second-order valence-corrected chi connectivity index (χ2v) is 9.64. The van der Waals surface area contributed by atoms with Crippen LogP contribution in [-0.2, 0) is 22.5 Å². The molecule has 0 fully saturated rings. The number of nitrogens with zero attached hydrogens (tertiary/aromatic N) is 1. The summed E-state index contributed by atoms with van der Waals surface area (Å²) in [6.07, 6.45) is 10.9. The van der Waals surface area contributed by atoms with Gasteiger partial charge in [-0.1, -0.05) is 87.9 Å². The highest BCUT2D eigenvalue weighted by atomic mass is 16.6. The topological polar surface area (TPSA) is 35.5 Å². The molecule has 0 saturated carbocycles. The van der Waals surface area contributed by atoms with Crippen LogP contribution in [0, 0.1) is 0 Å². The normalized spacial score (nSPS) is 11.4. The van der Waals surface area contributed by atoms with Crippen LogP contribution in [0.25, 0.3) is 0 Å². The Morgan fingerprint density at radius 2 is 1.45 bits per heavy atom. The Morgan fingerprint density at radius 1 is 0.788 bits per heavy atom. The zero-order valence-corrected chi connectivity index (χ0v) is 21.1. The fourth-order valence-electron chi connectivity index (χ4n) is 3.98. The van der Waals surface area contributed by atoms with E-state index in [0.29, 0.717) is 13.0 Å². The van der Waals surface area contributed by atoms with Crippen molar-refractivity contribution in [1.82, 2.24) is 0 Å². The highest BCUT2D eigenvalue weighted by Crippen LogP contribution is 2.15. The number of hydrogen-bond acceptors (Lipinski definition) is 3. The van der Waals surface area contributed by atoms with Gasteiger partial charge in [-0.25, -0.2) is 0 Å². The van der Waals surface area contributed by atoms with Gasteiger partial charge in [0, 0.05) is 5.56 Å². The predicted octanol–water partition coefficient (Wildman–Crippen LogP) is 6.57. The second kappa shape index (κ2) is 15.5. The van der Waals surface area contributed by atoms with E-state index in [-0.39, 0.29) is 12.6 Å². The van der Waals surface area contributed by atoms with Crippen molar-refractivity contribution in [2.24, 2.45) is 0 Å². The van der Waals surface area contributed by atoms with Crippen LogP contribution in [0.3, 0.4) is 0 Å². The minimum absolute atomic E-state index is 0.164. The third-order valence-corrected chi connectivity index (χ3v) is 5.98. The van der Waals surface area contributed by atoms with E-state index >= 15 is 0 Å². The Morgan fingerprint density at radius 3 is 2.15 bits per heavy atom. The molecule has 0 N–H and O–H groups in total. The first-order valence-electron chi connectivity index (χ1n) is 12.7. The summed E-state index contributed by atoms with van der Waals surface area (Å²) in [5, 5.41) is 0. The molecule has 0 aliphatic rings. The summed E-state index contributed by atoms with van der Waals surface area (Å²) >= 11 is 0. The maximum absolute atomic E-state index is 12.1. The maximum atomic E-state index is 12.1. The third-order valence-electron chi connectivity index (χ3n) is 5.98. The standard InChI is InChI=1S/C29H44NO3/c1-4-5-6-7-8-9-11-14-26-17-19-28(20-18-26)32-23-24-33-29(31)21-22-30(2,3)25-27-15-12-10-13-16-27/h10,12-13,15-20H,4-9,11,14,21-25H2,1-3H3/q+1. The summed E-state index contributed by atoms with van der Waals surface area (Å²) in [5.41, 5.74) is 2.64. The largest absolute Gasteiger partial charge is 0.490 e. The first-order chi connectivity index (χ1) is 16.0. The summed E-state index contributed by atoms with van der Waals surface area (Å²) < 4.78 is 11.8. The number of carbonyl (C=O) groups is 1. The van der Waals surface area contributed by atoms with Crippen molar-refractivity contribution in [3.8, 4) is 5.75 Å². The average Bonchev–Trinajstić information content (AvgIpc) is 2.81. The van der Waals surface area contributed by atoms with Crippen LogP contribution in [0.1, 0.15) is 69.4 Å². The molecule has 0 bridgehead atoms. The fraction of sp³-hybridized carbons (Fsp3) is 0.552. The van der Waals surface area contributed by atoms with E-state index in [1.54, 1.807) is 0 Å². The van der Waals surface area contributed by atoms with Gasteiger partial charge in [0.25, 0.3) is 0 Å². The Kier molecular flexibility index (Phi) is 12.6. The maximum Gasteiger partial charge on any atom is 0.311 e. The van der Waals surface area contributed by atoms with Gasteiger partial charge in [-0.2, -0.15) is 0 Å². The number of quaternary nitrogens is 1. The molecule has 4 heteroatoms. The zero-order chi connectivity index (χ0) is 23.8. The van der Waals surface area contributed by atoms with Crippen molar-refractivity contribution in [2.45, 2.75) is 71.3 Å². The van der Waals surface area contributed by atoms with Crippen LogP contribution in [-0.4, -0.2) is 44.3 Å². The van der Waals surface area contributed by atoms with E-state index in [9.17, 15) is 4.79 Å². The number of esters is 1. The third kappa shape index (κ3) is 12.5. The monoisotopic (exact) mass is 454 g/mol. The van der Waals surface area contributed by atoms with Gasteiger partial charge >= 0.3 is 5.97 Å². The number of unbranched alkanes of at least 4 members (excludes halogenated alkanes) is 6. The van der Waals surface area contributed by atoms with E-state index in [1.807, 2.05) is 30.3 Å². The molecule has 2 aromatic rings. The first-order valence-corrected chi connectivity index (χ1v) is 12.7. The molecule has 0 saturated heterocycles. The smallest absolute Gasteiger partial charge is 0.311 e. The molecule has 2 aromatic carbocycles. The fourth-order valence-corrected chi connectivity index (χ4v) is 3.98. The van der Waals surface area contributed by atoms with E-state index < -0.39 is 0 Å². The van der Waals surface area contributed by atoms with Gasteiger partial charge in [0.2, 0.25) is 0 Å². The number of ether oxygens (including phenoxy) is 2. The molecule has 0 amide bonds. The van der Waals surface area contributed by atoms with E-state index in [2.05, 4.69) is 45.3 Å². The van der Waals surface area contributed by atoms with E-state index in [4.69, 9.17) is 9.47 Å². The van der Waals surface area contributed by atoms with Crippen LogP contribution in [0.15, 0.2) is 54.6 Å². The Hall–Kier alpha value is -2.33. The molecule has 4 nitrogen and oxygen atoms in total. The Balaban J connectivity index is 1.54. The highest BCUT2D eigenvalue weighted by molar-refractivity contribution is 5.69. The summed E-state index contributed by atoms with van der Waals surface area (Å²) in [6.45, 7) is 4.56. The molecule has 0 aliphatic carbocycles. The second-order valence-electron chi connectivity index (χ2n) is 9.64. The van der Waals surface area contributed by atoms with Crippen molar-refractivity contribution in [2.75, 3.05) is 33.9 Å². The molecule has 0 aromatic heterocycles. The highest BCUT2D eigenvalue weighted by Gasteiger charge is 2.18. The lowest BCUT2D eigenvalue weighted by Gasteiger charge is -2.29. The van der Waals surface area contributed by atoms with Crippen LogP contribution in [0.4, 0.5) is 0 Å². The summed E-state index contributed by atoms with van der Waals surface area (Å²) in [5.74, 6) is 0.665. The number of carbonyl (C=O) groups excluding carboxylic acids is 1. The van der Waals surface area contributed by atoms with Crippen molar-refractivity contribution in [1.29, 1.82) is 0 Å². The molecule has 0 heterocycles. The number of rotatable bonds is 17. The summed E-state index contributed by atoms with van der Waals surface area (Å²) in [7, 11) is 4.28. The van der Waals surface area contributed by atoms with Gasteiger partial charge in [0.1, 0.15) is 25.5 Å². The van der Waals surface area contributed by atoms with Crippen LogP contribution < -0.4 is 4.74 Å². The SMILES string of the molecule is CCCCCCCCCc1ccc(OCCOC(=O)CC[N+](C)(C)Cc2ccccc2)cc1. The molecule has 0 unspecified atom stereocenters. The van der Waals surface area contributed by atoms with Gasteiger partial charge in [-0.3, -0.25) is 4.79 Å². The zero-order valence-electron chi connectivity index (χ0n) is 21.1. The molecular formula is C29H44NO3+. The molecule has 0 radical (unpaired) electrons. The summed E-state index contributed by atoms with van der Waals surface area (Å²) in [4.78, 5) is 12.1. The van der Waals surface area contributed by atoms with Crippen molar-refractivity contribution in [3.63, 3.8) is 0 Å². The molecule has 182 valence electrons. The average molecular weight is 455 g/mol. The molecule has 0 aliphatic heterocycles. The molecular weight excluding hydrogens is 410 g/mol. The van der Waals surface area contributed by atoms with E-state index in [1.165, 1.54) is 56.1 Å². The van der Waals surface area contributed by atoms with Crippen molar-refractivity contribution in [3.05, 3.63) is 65.7 Å². The summed E-state index contributed by atoms with van der Waals surface area (Å²) in [6, 6.07) is 18.7. The Bertz CT molecular complexity index is 771. The van der Waals surface area contributed by atoms with Gasteiger partial charge < -0.3 is 14.0 Å². The lowest BCUT2D eigenvalue weighted by Crippen LogP contribution is -2.40. The molecule has 0 atom stereocenters. The minimum atomic E-state index is -0.164. The van der Waals surface area contributed by atoms with Crippen LogP contribution >= 0.6 is 0 Å². The molecule has 0 spiro atoms. The van der Waals surface area contributed by atoms with Gasteiger partial charge in [0.05, 0.1) is 27.1 Å². The number of benzene rings is 2. The quantitative estimate of drug-likeness (QED) is 0.154. The van der Waals surface area contributed by atoms with Crippen molar-refractivity contribution >= 4 is 5.97 Å². The molecule has 33 heavy (non-hydrogen) atoms. The molecule has 2 rings (SSSR count). The Labute approximate surface area is 201 Å². The number of hydrogen-bond donors (Lipinski definition) is 0. The van der Waals surface area contributed by atoms with Crippen LogP contribution in [0.2, 0.25) is 0 Å². The first kappa shape index (κ1) is 26.9. The number of aryl methyl sites for hydroxylation is 1. The van der Waals surface area contributed by atoms with Gasteiger partial charge in [0.15, 0.2) is 0 Å². The minimum Gasteiger partial charge on any atom is -0.490 e. The predicted molar refractivity (Wildman–Crippen MR) is 136 cm³/mol. The van der Waals surface area contributed by atoms with Gasteiger partial charge in [-0.05, 0) is 30.5 Å². The lowest BCUT2D eigenvalue weighted by atomic mass is 10.0. The lowest BCUT2D eigenvalue weighted by molar-refractivity contribution is -0.903.